The molecule has 0 aliphatic heterocycles. The van der Waals surface area contributed by atoms with Gasteiger partial charge in [-0.2, -0.15) is 0 Å². The zero-order chi connectivity index (χ0) is 22.2. The van der Waals surface area contributed by atoms with Crippen molar-refractivity contribution in [2.75, 3.05) is 41.5 Å². The third-order valence-electron chi connectivity index (χ3n) is 3.58. The van der Waals surface area contributed by atoms with Crippen molar-refractivity contribution in [2.24, 2.45) is 0 Å². The van der Waals surface area contributed by atoms with E-state index < -0.39 is 31.0 Å². The van der Waals surface area contributed by atoms with E-state index in [-0.39, 0.29) is 25.9 Å². The van der Waals surface area contributed by atoms with Crippen LogP contribution in [0.5, 0.6) is 0 Å². The average molecular weight is 492 g/mol. The topological polar surface area (TPSA) is 193 Å². The molecule has 0 amide bonds. The van der Waals surface area contributed by atoms with Crippen molar-refractivity contribution in [2.45, 2.75) is 25.7 Å². The first-order chi connectivity index (χ1) is 12.7. The van der Waals surface area contributed by atoms with E-state index in [1.807, 2.05) is 0 Å². The molecule has 0 fully saturated rings. The van der Waals surface area contributed by atoms with Crippen LogP contribution in [-0.2, 0) is 36.4 Å². The van der Waals surface area contributed by atoms with Crippen LogP contribution >= 0.6 is 31.0 Å². The van der Waals surface area contributed by atoms with Crippen LogP contribution in [0.1, 0.15) is 25.7 Å². The second-order valence-corrected chi connectivity index (χ2v) is 13.2. The fourth-order valence-electron chi connectivity index (χ4n) is 2.03. The maximum absolute atomic E-state index is 11.9. The molecule has 0 heterocycles. The predicted octanol–water partition coefficient (Wildman–Crippen LogP) is 2.14. The molecule has 0 aromatic heterocycles. The van der Waals surface area contributed by atoms with E-state index in [2.05, 4.69) is 18.1 Å². The lowest BCUT2D eigenvalue weighted by Crippen LogP contribution is -2.21. The molecule has 4 N–H and O–H groups in total. The third-order valence-corrected chi connectivity index (χ3v) is 11.3. The predicted molar refractivity (Wildman–Crippen MR) is 99.2 cm³/mol. The molecule has 4 unspecified atom stereocenters. The summed E-state index contributed by atoms with van der Waals surface area (Å²) in [6.45, 7) is -0.611. The first kappa shape index (κ1) is 28.5. The van der Waals surface area contributed by atoms with Crippen LogP contribution in [0.15, 0.2) is 0 Å². The van der Waals surface area contributed by atoms with Crippen LogP contribution in [0.3, 0.4) is 0 Å². The molecule has 0 saturated carbocycles. The van der Waals surface area contributed by atoms with Crippen LogP contribution < -0.4 is 0 Å². The molecule has 0 rings (SSSR count). The molecule has 0 aliphatic carbocycles. The molecule has 28 heavy (non-hydrogen) atoms. The lowest BCUT2D eigenvalue weighted by Gasteiger charge is -2.28. The van der Waals surface area contributed by atoms with Gasteiger partial charge in [-0.15, -0.1) is 8.88 Å². The van der Waals surface area contributed by atoms with Crippen LogP contribution in [0.2, 0.25) is 0 Å². The second-order valence-electron chi connectivity index (χ2n) is 5.30. The number of hydrogen-bond acceptors (Lipinski definition) is 8. The van der Waals surface area contributed by atoms with E-state index in [0.717, 1.165) is 28.4 Å². The molecule has 4 atom stereocenters. The van der Waals surface area contributed by atoms with Crippen molar-refractivity contribution in [3.05, 3.63) is 0 Å². The molecule has 0 saturated heterocycles. The SMILES string of the molecule is COP(=O)(O)N(CCCCCCN(P(=O)(O)OC)P(=O)(O)OC)P(=O)(O)OC. The number of rotatable bonds is 15. The minimum absolute atomic E-state index is 0.171. The Labute approximate surface area is 163 Å². The van der Waals surface area contributed by atoms with Crippen molar-refractivity contribution in [3.63, 3.8) is 0 Å². The summed E-state index contributed by atoms with van der Waals surface area (Å²) in [7, 11) is -14.5. The largest absolute Gasteiger partial charge is 0.414 e. The summed E-state index contributed by atoms with van der Waals surface area (Å²) in [5.74, 6) is 0. The van der Waals surface area contributed by atoms with Gasteiger partial charge in [0.1, 0.15) is 0 Å². The summed E-state index contributed by atoms with van der Waals surface area (Å²) in [4.78, 5) is 38.6. The Morgan fingerprint density at radius 3 is 0.929 bits per heavy atom. The highest BCUT2D eigenvalue weighted by Gasteiger charge is 2.43. The quantitative estimate of drug-likeness (QED) is 0.192. The van der Waals surface area contributed by atoms with E-state index in [0.29, 0.717) is 21.7 Å². The second kappa shape index (κ2) is 11.8. The van der Waals surface area contributed by atoms with E-state index in [9.17, 15) is 37.8 Å². The summed E-state index contributed by atoms with van der Waals surface area (Å²) < 4.78 is 65.7. The van der Waals surface area contributed by atoms with Crippen molar-refractivity contribution in [1.82, 2.24) is 8.88 Å². The van der Waals surface area contributed by atoms with Gasteiger partial charge < -0.3 is 19.6 Å². The van der Waals surface area contributed by atoms with Gasteiger partial charge in [0.25, 0.3) is 0 Å². The molecular formula is C10H28N2O12P4. The van der Waals surface area contributed by atoms with Gasteiger partial charge in [-0.25, -0.2) is 18.3 Å². The summed E-state index contributed by atoms with van der Waals surface area (Å²) >= 11 is 0. The molecule has 14 nitrogen and oxygen atoms in total. The highest BCUT2D eigenvalue weighted by molar-refractivity contribution is 7.66. The Bertz CT molecular complexity index is 571. The average Bonchev–Trinajstić information content (AvgIpc) is 2.62. The number of nitrogens with zero attached hydrogens (tertiary/aromatic N) is 2. The minimum atomic E-state index is -4.53. The van der Waals surface area contributed by atoms with Gasteiger partial charge >= 0.3 is 31.0 Å². The molecular weight excluding hydrogens is 464 g/mol. The zero-order valence-corrected chi connectivity index (χ0v) is 19.6. The first-order valence-corrected chi connectivity index (χ1v) is 13.9. The van der Waals surface area contributed by atoms with Crippen molar-refractivity contribution < 1.29 is 55.9 Å². The fraction of sp³-hybridized carbons (Fsp3) is 1.00. The summed E-state index contributed by atoms with van der Waals surface area (Å²) in [6.07, 6.45) is 1.04. The lowest BCUT2D eigenvalue weighted by molar-refractivity contribution is 0.220. The Morgan fingerprint density at radius 1 is 0.536 bits per heavy atom. The van der Waals surface area contributed by atoms with Gasteiger partial charge in [0.15, 0.2) is 0 Å². The van der Waals surface area contributed by atoms with Crippen LogP contribution in [0.25, 0.3) is 0 Å². The van der Waals surface area contributed by atoms with Gasteiger partial charge in [-0.1, -0.05) is 12.8 Å². The van der Waals surface area contributed by atoms with Crippen molar-refractivity contribution in [1.29, 1.82) is 0 Å². The van der Waals surface area contributed by atoms with Gasteiger partial charge in [0.05, 0.1) is 0 Å². The monoisotopic (exact) mass is 492 g/mol. The van der Waals surface area contributed by atoms with Crippen LogP contribution in [-0.4, -0.2) is 70.0 Å². The first-order valence-electron chi connectivity index (χ1n) is 7.83. The Kier molecular flexibility index (Phi) is 12.0. The molecule has 18 heteroatoms. The van der Waals surface area contributed by atoms with Gasteiger partial charge in [-0.05, 0) is 12.8 Å². The molecule has 0 aromatic carbocycles. The van der Waals surface area contributed by atoms with Crippen LogP contribution in [0.4, 0.5) is 0 Å². The standard InChI is InChI=1S/C10H28N2O12P4/c1-21-25(13,14)11(26(15,16)22-2)9-7-5-6-8-10-12(27(17,18)23-3)28(19,20)24-4/h5-10H2,1-4H3,(H,13,14)(H,15,16)(H,17,18)(H,19,20). The third kappa shape index (κ3) is 8.34. The Hall–Kier alpha value is 0.520. The van der Waals surface area contributed by atoms with E-state index in [1.165, 1.54) is 0 Å². The lowest BCUT2D eigenvalue weighted by atomic mass is 10.2. The van der Waals surface area contributed by atoms with Crippen molar-refractivity contribution in [3.8, 4) is 0 Å². The highest BCUT2D eigenvalue weighted by atomic mass is 31.3. The van der Waals surface area contributed by atoms with Crippen molar-refractivity contribution >= 4 is 31.0 Å². The molecule has 0 aliphatic rings. The number of hydrogen-bond donors (Lipinski definition) is 4. The summed E-state index contributed by atoms with van der Waals surface area (Å²) in [5.41, 5.74) is 0. The molecule has 0 bridgehead atoms. The molecule has 0 aromatic rings. The molecule has 170 valence electrons. The molecule has 0 spiro atoms. The van der Waals surface area contributed by atoms with E-state index >= 15 is 0 Å². The van der Waals surface area contributed by atoms with E-state index in [1.54, 1.807) is 0 Å². The van der Waals surface area contributed by atoms with Gasteiger partial charge in [0.2, 0.25) is 0 Å². The van der Waals surface area contributed by atoms with Gasteiger partial charge in [-0.3, -0.25) is 18.1 Å². The summed E-state index contributed by atoms with van der Waals surface area (Å²) in [6, 6.07) is 0. The smallest absolute Gasteiger partial charge is 0.312 e. The Balaban J connectivity index is 4.77. The normalized spacial score (nSPS) is 21.1. The number of unbranched alkanes of at least 4 members (excludes halogenated alkanes) is 3. The highest BCUT2D eigenvalue weighted by Crippen LogP contribution is 2.63. The minimum Gasteiger partial charge on any atom is -0.312 e. The summed E-state index contributed by atoms with van der Waals surface area (Å²) in [5, 5.41) is 0. The zero-order valence-electron chi connectivity index (χ0n) is 16.0. The van der Waals surface area contributed by atoms with E-state index in [4.69, 9.17) is 0 Å². The van der Waals surface area contributed by atoms with Crippen LogP contribution in [0, 0.1) is 0 Å². The fourth-order valence-corrected chi connectivity index (χ4v) is 7.52. The molecule has 0 radical (unpaired) electrons. The maximum atomic E-state index is 11.9. The van der Waals surface area contributed by atoms with Gasteiger partial charge in [0, 0.05) is 41.5 Å². The maximum Gasteiger partial charge on any atom is 0.414 e. The Morgan fingerprint density at radius 2 is 0.750 bits per heavy atom.